The summed E-state index contributed by atoms with van der Waals surface area (Å²) in [6.07, 6.45) is 0.546. The Balaban J connectivity index is 3.36. The van der Waals surface area contributed by atoms with Crippen molar-refractivity contribution in [2.45, 2.75) is 0 Å². The molecule has 0 amide bonds. The van der Waals surface area contributed by atoms with Crippen LogP contribution in [0.15, 0.2) is 12.1 Å². The molecular weight excluding hydrogens is 262 g/mol. The van der Waals surface area contributed by atoms with Gasteiger partial charge in [0, 0.05) is 5.56 Å². The monoisotopic (exact) mass is 266 g/mol. The molecule has 0 spiro atoms. The van der Waals surface area contributed by atoms with E-state index in [0.29, 0.717) is 6.29 Å². The third-order valence-corrected chi connectivity index (χ3v) is 2.32. The van der Waals surface area contributed by atoms with Crippen LogP contribution in [0.1, 0.15) is 10.4 Å². The number of carbonyl (C=O) groups excluding carboxylic acids is 1. The Labute approximate surface area is 76.2 Å². The molecular formula is C7H4FIO2. The van der Waals surface area contributed by atoms with E-state index < -0.39 is 11.6 Å². The number of carbonyl (C=O) groups is 1. The normalized spacial score (nSPS) is 9.64. The first-order valence-corrected chi connectivity index (χ1v) is 3.87. The van der Waals surface area contributed by atoms with Gasteiger partial charge in [-0.15, -0.1) is 0 Å². The maximum Gasteiger partial charge on any atom is 0.178 e. The minimum absolute atomic E-state index is 0.151. The molecule has 0 heterocycles. The van der Waals surface area contributed by atoms with Crippen molar-refractivity contribution in [3.63, 3.8) is 0 Å². The van der Waals surface area contributed by atoms with Gasteiger partial charge in [-0.1, -0.05) is 0 Å². The first kappa shape index (κ1) is 8.45. The van der Waals surface area contributed by atoms with Crippen molar-refractivity contribution in [3.8, 4) is 5.75 Å². The summed E-state index contributed by atoms with van der Waals surface area (Å²) in [6.45, 7) is 0. The average molecular weight is 266 g/mol. The fraction of sp³-hybridized carbons (Fsp3) is 0. The zero-order valence-electron chi connectivity index (χ0n) is 5.34. The molecule has 0 fully saturated rings. The fourth-order valence-electron chi connectivity index (χ4n) is 0.645. The number of aldehydes is 1. The van der Waals surface area contributed by atoms with Crippen molar-refractivity contribution < 1.29 is 14.3 Å². The van der Waals surface area contributed by atoms with Crippen molar-refractivity contribution in [2.24, 2.45) is 0 Å². The highest BCUT2D eigenvalue weighted by molar-refractivity contribution is 14.1. The summed E-state index contributed by atoms with van der Waals surface area (Å²) in [4.78, 5) is 10.2. The van der Waals surface area contributed by atoms with Gasteiger partial charge in [0.05, 0.1) is 3.57 Å². The Morgan fingerprint density at radius 1 is 1.55 bits per heavy atom. The highest BCUT2D eigenvalue weighted by Gasteiger charge is 2.08. The largest absolute Gasteiger partial charge is 0.505 e. The molecule has 0 aliphatic heterocycles. The standard InChI is InChI=1S/C7H4FIO2/c8-6-5(11)2-1-4(3-10)7(6)9/h1-3,11H. The summed E-state index contributed by atoms with van der Waals surface area (Å²) in [5.74, 6) is -1.17. The van der Waals surface area contributed by atoms with E-state index >= 15 is 0 Å². The molecule has 0 saturated heterocycles. The van der Waals surface area contributed by atoms with Crippen LogP contribution >= 0.6 is 22.6 Å². The van der Waals surface area contributed by atoms with Crippen molar-refractivity contribution in [2.75, 3.05) is 0 Å². The zero-order chi connectivity index (χ0) is 8.43. The van der Waals surface area contributed by atoms with Crippen LogP contribution in [0.2, 0.25) is 0 Å². The Morgan fingerprint density at radius 3 is 2.73 bits per heavy atom. The molecule has 0 unspecified atom stereocenters. The Kier molecular flexibility index (Phi) is 2.43. The molecule has 1 rings (SSSR count). The number of aromatic hydroxyl groups is 1. The summed E-state index contributed by atoms with van der Waals surface area (Å²) in [6, 6.07) is 2.52. The maximum absolute atomic E-state index is 12.8. The number of halogens is 2. The second-order valence-corrected chi connectivity index (χ2v) is 3.00. The zero-order valence-corrected chi connectivity index (χ0v) is 7.50. The van der Waals surface area contributed by atoms with Crippen molar-refractivity contribution in [1.82, 2.24) is 0 Å². The number of phenolic OH excluding ortho intramolecular Hbond substituents is 1. The first-order chi connectivity index (χ1) is 5.16. The van der Waals surface area contributed by atoms with Crippen molar-refractivity contribution in [3.05, 3.63) is 27.1 Å². The van der Waals surface area contributed by atoms with Crippen LogP contribution in [-0.4, -0.2) is 11.4 Å². The van der Waals surface area contributed by atoms with Crippen LogP contribution in [0.4, 0.5) is 4.39 Å². The quantitative estimate of drug-likeness (QED) is 0.623. The van der Waals surface area contributed by atoms with Gasteiger partial charge in [-0.3, -0.25) is 4.79 Å². The third-order valence-electron chi connectivity index (χ3n) is 1.22. The number of benzene rings is 1. The third kappa shape index (κ3) is 1.50. The summed E-state index contributed by atoms with van der Waals surface area (Å²) >= 11 is 1.66. The topological polar surface area (TPSA) is 37.3 Å². The van der Waals surface area contributed by atoms with Gasteiger partial charge in [0.25, 0.3) is 0 Å². The van der Waals surface area contributed by atoms with Gasteiger partial charge >= 0.3 is 0 Å². The molecule has 0 radical (unpaired) electrons. The lowest BCUT2D eigenvalue weighted by Crippen LogP contribution is -1.90. The second kappa shape index (κ2) is 3.17. The predicted molar refractivity (Wildman–Crippen MR) is 46.2 cm³/mol. The summed E-state index contributed by atoms with van der Waals surface area (Å²) < 4.78 is 12.9. The maximum atomic E-state index is 12.8. The van der Waals surface area contributed by atoms with E-state index in [2.05, 4.69) is 0 Å². The lowest BCUT2D eigenvalue weighted by atomic mass is 10.2. The van der Waals surface area contributed by atoms with E-state index in [9.17, 15) is 9.18 Å². The van der Waals surface area contributed by atoms with Gasteiger partial charge in [0.1, 0.15) is 0 Å². The lowest BCUT2D eigenvalue weighted by Gasteiger charge is -1.99. The van der Waals surface area contributed by atoms with E-state index in [-0.39, 0.29) is 9.13 Å². The Hall–Kier alpha value is -0.650. The Morgan fingerprint density at radius 2 is 2.18 bits per heavy atom. The number of phenols is 1. The van der Waals surface area contributed by atoms with Crippen LogP contribution in [0, 0.1) is 9.39 Å². The molecule has 1 aromatic carbocycles. The first-order valence-electron chi connectivity index (χ1n) is 2.79. The average Bonchev–Trinajstić information content (AvgIpc) is 2.01. The van der Waals surface area contributed by atoms with Crippen LogP contribution in [0.3, 0.4) is 0 Å². The smallest absolute Gasteiger partial charge is 0.178 e. The SMILES string of the molecule is O=Cc1ccc(O)c(F)c1I. The molecule has 0 aliphatic rings. The van der Waals surface area contributed by atoms with Gasteiger partial charge in [-0.2, -0.15) is 0 Å². The number of hydrogen-bond acceptors (Lipinski definition) is 2. The van der Waals surface area contributed by atoms with Crippen LogP contribution < -0.4 is 0 Å². The van der Waals surface area contributed by atoms with Gasteiger partial charge in [-0.25, -0.2) is 4.39 Å². The van der Waals surface area contributed by atoms with E-state index in [1.54, 1.807) is 22.6 Å². The minimum Gasteiger partial charge on any atom is -0.505 e. The molecule has 0 aromatic heterocycles. The summed E-state index contributed by atoms with van der Waals surface area (Å²) in [5, 5.41) is 8.82. The summed E-state index contributed by atoms with van der Waals surface area (Å²) in [5.41, 5.74) is 0.251. The fourth-order valence-corrected chi connectivity index (χ4v) is 1.23. The Bertz CT molecular complexity index is 299. The summed E-state index contributed by atoms with van der Waals surface area (Å²) in [7, 11) is 0. The van der Waals surface area contributed by atoms with E-state index in [1.807, 2.05) is 0 Å². The predicted octanol–water partition coefficient (Wildman–Crippen LogP) is 1.95. The van der Waals surface area contributed by atoms with E-state index in [4.69, 9.17) is 5.11 Å². The van der Waals surface area contributed by atoms with Gasteiger partial charge < -0.3 is 5.11 Å². The molecule has 0 aliphatic carbocycles. The molecule has 4 heteroatoms. The molecule has 0 atom stereocenters. The second-order valence-electron chi connectivity index (χ2n) is 1.92. The molecule has 1 N–H and O–H groups in total. The minimum atomic E-state index is -0.741. The van der Waals surface area contributed by atoms with Crippen LogP contribution in [0.25, 0.3) is 0 Å². The highest BCUT2D eigenvalue weighted by atomic mass is 127. The van der Waals surface area contributed by atoms with Crippen molar-refractivity contribution >= 4 is 28.9 Å². The van der Waals surface area contributed by atoms with Crippen molar-refractivity contribution in [1.29, 1.82) is 0 Å². The molecule has 58 valence electrons. The van der Waals surface area contributed by atoms with Gasteiger partial charge in [0.2, 0.25) is 0 Å². The molecule has 2 nitrogen and oxygen atoms in total. The number of hydrogen-bond donors (Lipinski definition) is 1. The van der Waals surface area contributed by atoms with E-state index in [1.165, 1.54) is 6.07 Å². The highest BCUT2D eigenvalue weighted by Crippen LogP contribution is 2.22. The molecule has 0 saturated carbocycles. The molecule has 11 heavy (non-hydrogen) atoms. The van der Waals surface area contributed by atoms with Gasteiger partial charge in [-0.05, 0) is 34.7 Å². The molecule has 0 bridgehead atoms. The van der Waals surface area contributed by atoms with Crippen LogP contribution in [0.5, 0.6) is 5.75 Å². The van der Waals surface area contributed by atoms with Crippen LogP contribution in [-0.2, 0) is 0 Å². The van der Waals surface area contributed by atoms with E-state index in [0.717, 1.165) is 6.07 Å². The lowest BCUT2D eigenvalue weighted by molar-refractivity contribution is 0.112. The number of rotatable bonds is 1. The molecule has 1 aromatic rings. The van der Waals surface area contributed by atoms with Gasteiger partial charge in [0.15, 0.2) is 17.9 Å².